The molecule has 0 spiro atoms. The highest BCUT2D eigenvalue weighted by Gasteiger charge is 2.37. The number of hydrogen-bond donors (Lipinski definition) is 2. The Bertz CT molecular complexity index is 943. The van der Waals surface area contributed by atoms with Crippen molar-refractivity contribution in [1.82, 2.24) is 4.72 Å². The number of carbonyl (C=O) groups is 1. The molecule has 1 aromatic rings. The van der Waals surface area contributed by atoms with Crippen LogP contribution in [0.4, 0.5) is 14.5 Å². The van der Waals surface area contributed by atoms with Gasteiger partial charge in [0.2, 0.25) is 0 Å². The number of nitrogens with zero attached hydrogens (tertiary/aromatic N) is 2. The number of carbonyl (C=O) groups excluding carboxylic acids is 1. The van der Waals surface area contributed by atoms with E-state index in [0.717, 1.165) is 7.11 Å². The van der Waals surface area contributed by atoms with Crippen molar-refractivity contribution in [3.8, 4) is 0 Å². The zero-order valence-corrected chi connectivity index (χ0v) is 16.7. The summed E-state index contributed by atoms with van der Waals surface area (Å²) in [6, 6.07) is 5.47. The molecule has 0 aliphatic heterocycles. The van der Waals surface area contributed by atoms with Gasteiger partial charge in [0.25, 0.3) is 10.0 Å². The normalized spacial score (nSPS) is 20.8. The second-order valence-electron chi connectivity index (χ2n) is 6.27. The van der Waals surface area contributed by atoms with Crippen molar-refractivity contribution in [2.75, 3.05) is 7.11 Å². The average molecular weight is 428 g/mol. The molecular formula is C18H22F2N4O4S. The van der Waals surface area contributed by atoms with Gasteiger partial charge in [0.15, 0.2) is 0 Å². The molecule has 0 heterocycles. The predicted molar refractivity (Wildman–Crippen MR) is 105 cm³/mol. The monoisotopic (exact) mass is 428 g/mol. The highest BCUT2D eigenvalue weighted by atomic mass is 32.2. The summed E-state index contributed by atoms with van der Waals surface area (Å²) in [7, 11) is -3.07. The Morgan fingerprint density at radius 1 is 1.34 bits per heavy atom. The van der Waals surface area contributed by atoms with E-state index in [1.807, 2.05) is 6.92 Å². The van der Waals surface area contributed by atoms with Crippen LogP contribution in [0.25, 0.3) is 0 Å². The van der Waals surface area contributed by atoms with Gasteiger partial charge in [-0.05, 0) is 30.7 Å². The van der Waals surface area contributed by atoms with E-state index in [1.165, 1.54) is 30.5 Å². The van der Waals surface area contributed by atoms with Gasteiger partial charge in [-0.25, -0.2) is 17.2 Å². The van der Waals surface area contributed by atoms with Crippen LogP contribution in [-0.4, -0.2) is 39.6 Å². The third kappa shape index (κ3) is 5.59. The molecule has 29 heavy (non-hydrogen) atoms. The van der Waals surface area contributed by atoms with Gasteiger partial charge in [-0.2, -0.15) is 5.10 Å². The number of alkyl halides is 1. The second-order valence-corrected chi connectivity index (χ2v) is 7.95. The number of methoxy groups -OCH3 is 1. The lowest BCUT2D eigenvalue weighted by Gasteiger charge is -2.25. The smallest absolute Gasteiger partial charge is 0.312 e. The molecule has 0 saturated carbocycles. The van der Waals surface area contributed by atoms with Gasteiger partial charge in [0, 0.05) is 12.8 Å². The lowest BCUT2D eigenvalue weighted by Crippen LogP contribution is -2.35. The van der Waals surface area contributed by atoms with Gasteiger partial charge in [0.05, 0.1) is 41.2 Å². The number of nitrogens with one attached hydrogen (secondary N) is 1. The second kappa shape index (κ2) is 9.59. The van der Waals surface area contributed by atoms with Crippen LogP contribution >= 0.6 is 0 Å². The number of sulfonamides is 1. The molecule has 0 fully saturated rings. The van der Waals surface area contributed by atoms with Crippen molar-refractivity contribution in [1.29, 1.82) is 0 Å². The summed E-state index contributed by atoms with van der Waals surface area (Å²) in [6.45, 7) is 1.85. The van der Waals surface area contributed by atoms with Crippen LogP contribution in [0.1, 0.15) is 26.2 Å². The summed E-state index contributed by atoms with van der Waals surface area (Å²) in [4.78, 5) is 15.5. The number of hydrazone groups is 1. The van der Waals surface area contributed by atoms with Gasteiger partial charge in [-0.15, -0.1) is 0 Å². The summed E-state index contributed by atoms with van der Waals surface area (Å²) in [6.07, 6.45) is -0.854. The third-order valence-electron chi connectivity index (χ3n) is 4.36. The van der Waals surface area contributed by atoms with E-state index in [0.29, 0.717) is 17.8 Å². The average Bonchev–Trinajstić information content (AvgIpc) is 2.70. The molecule has 1 aromatic carbocycles. The van der Waals surface area contributed by atoms with Gasteiger partial charge in [-0.1, -0.05) is 6.92 Å². The summed E-state index contributed by atoms with van der Waals surface area (Å²) in [5, 5.41) is 3.54. The highest BCUT2D eigenvalue weighted by molar-refractivity contribution is 7.89. The number of hydrogen-bond acceptors (Lipinski definition) is 7. The maximum atomic E-state index is 14.3. The topological polar surface area (TPSA) is 123 Å². The molecule has 0 aromatic heterocycles. The zero-order chi connectivity index (χ0) is 21.6. The third-order valence-corrected chi connectivity index (χ3v) is 5.77. The number of esters is 1. The summed E-state index contributed by atoms with van der Waals surface area (Å²) in [5.74, 6) is 2.12. The van der Waals surface area contributed by atoms with Crippen molar-refractivity contribution in [2.45, 2.75) is 37.3 Å². The first-order valence-corrected chi connectivity index (χ1v) is 10.2. The van der Waals surface area contributed by atoms with E-state index in [9.17, 15) is 22.0 Å². The van der Waals surface area contributed by atoms with Crippen molar-refractivity contribution in [2.24, 2.45) is 21.9 Å². The number of allylic oxidation sites excluding steroid dienone is 2. The predicted octanol–water partition coefficient (Wildman–Crippen LogP) is 2.49. The van der Waals surface area contributed by atoms with E-state index in [2.05, 4.69) is 19.6 Å². The standard InChI is InChI=1S/C18H22F2N4O4S/c1-3-11(23-21)10-22-12-4-6-13(7-5-12)29(26,27)24-17-9-15(19)14(8-16(17)20)18(25)28-2/h4-7,10,14-15,24H,3,8-9,21H2,1-2H3. The first kappa shape index (κ1) is 22.5. The Balaban J connectivity index is 2.16. The summed E-state index contributed by atoms with van der Waals surface area (Å²) >= 11 is 0. The number of nitrogens with two attached hydrogens (primary N) is 1. The molecule has 0 radical (unpaired) electrons. The zero-order valence-electron chi connectivity index (χ0n) is 15.9. The molecule has 1 aliphatic carbocycles. The van der Waals surface area contributed by atoms with Gasteiger partial charge in [-0.3, -0.25) is 14.5 Å². The van der Waals surface area contributed by atoms with Crippen molar-refractivity contribution in [3.05, 3.63) is 35.8 Å². The van der Waals surface area contributed by atoms with Crippen LogP contribution in [0.2, 0.25) is 0 Å². The molecule has 2 atom stereocenters. The fraction of sp³-hybridized carbons (Fsp3) is 0.389. The molecule has 0 bridgehead atoms. The minimum Gasteiger partial charge on any atom is -0.469 e. The minimum atomic E-state index is -4.14. The maximum Gasteiger partial charge on any atom is 0.312 e. The van der Waals surface area contributed by atoms with E-state index >= 15 is 0 Å². The first-order valence-electron chi connectivity index (χ1n) is 8.75. The fourth-order valence-corrected chi connectivity index (χ4v) is 3.80. The van der Waals surface area contributed by atoms with Crippen molar-refractivity contribution < 1.29 is 26.7 Å². The summed E-state index contributed by atoms with van der Waals surface area (Å²) < 4.78 is 59.9. The highest BCUT2D eigenvalue weighted by Crippen LogP contribution is 2.33. The minimum absolute atomic E-state index is 0.148. The fourth-order valence-electron chi connectivity index (χ4n) is 2.67. The largest absolute Gasteiger partial charge is 0.469 e. The van der Waals surface area contributed by atoms with Crippen LogP contribution < -0.4 is 10.6 Å². The SMILES string of the molecule is CCC(C=Nc1ccc(S(=O)(=O)NC2=C(F)CC(C(=O)OC)C(F)C2)cc1)=NN. The van der Waals surface area contributed by atoms with Crippen LogP contribution in [0.15, 0.2) is 50.8 Å². The molecule has 2 unspecified atom stereocenters. The van der Waals surface area contributed by atoms with Crippen molar-refractivity contribution >= 4 is 33.6 Å². The van der Waals surface area contributed by atoms with Gasteiger partial charge in [0.1, 0.15) is 12.0 Å². The Hall–Kier alpha value is -2.82. The Morgan fingerprint density at radius 2 is 2.00 bits per heavy atom. The molecule has 8 nitrogen and oxygen atoms in total. The molecule has 158 valence electrons. The number of aliphatic imine (C=N–C) groups is 1. The Morgan fingerprint density at radius 3 is 2.55 bits per heavy atom. The van der Waals surface area contributed by atoms with E-state index < -0.39 is 52.4 Å². The van der Waals surface area contributed by atoms with Crippen LogP contribution in [0, 0.1) is 5.92 Å². The van der Waals surface area contributed by atoms with Crippen LogP contribution in [-0.2, 0) is 19.6 Å². The quantitative estimate of drug-likeness (QED) is 0.299. The molecule has 1 aliphatic rings. The van der Waals surface area contributed by atoms with Crippen LogP contribution in [0.5, 0.6) is 0 Å². The molecule has 2 rings (SSSR count). The van der Waals surface area contributed by atoms with E-state index in [1.54, 1.807) is 0 Å². The van der Waals surface area contributed by atoms with Crippen LogP contribution in [0.3, 0.4) is 0 Å². The van der Waals surface area contributed by atoms with Crippen molar-refractivity contribution in [3.63, 3.8) is 0 Å². The van der Waals surface area contributed by atoms with E-state index in [4.69, 9.17) is 5.84 Å². The Kier molecular flexibility index (Phi) is 7.43. The number of halogens is 2. The molecule has 0 saturated heterocycles. The summed E-state index contributed by atoms with van der Waals surface area (Å²) in [5.41, 5.74) is 0.618. The lowest BCUT2D eigenvalue weighted by molar-refractivity contribution is -0.148. The number of rotatable bonds is 7. The van der Waals surface area contributed by atoms with Gasteiger partial charge >= 0.3 is 5.97 Å². The Labute approximate surface area is 167 Å². The molecule has 11 heteroatoms. The lowest BCUT2D eigenvalue weighted by atomic mass is 9.90. The molecule has 0 amide bonds. The van der Waals surface area contributed by atoms with Gasteiger partial charge < -0.3 is 10.6 Å². The first-order chi connectivity index (χ1) is 13.7. The number of ether oxygens (including phenoxy) is 1. The molecular weight excluding hydrogens is 406 g/mol. The number of benzene rings is 1. The molecule has 3 N–H and O–H groups in total. The maximum absolute atomic E-state index is 14.3. The van der Waals surface area contributed by atoms with E-state index in [-0.39, 0.29) is 4.90 Å².